The Morgan fingerprint density at radius 1 is 0.727 bits per heavy atom. The van der Waals surface area contributed by atoms with Gasteiger partial charge in [0.25, 0.3) is 0 Å². The molecule has 1 aromatic heterocycles. The van der Waals surface area contributed by atoms with Crippen molar-refractivity contribution in [2.75, 3.05) is 7.11 Å². The minimum absolute atomic E-state index is 0.118. The Balaban J connectivity index is 1.66. The summed E-state index contributed by atoms with van der Waals surface area (Å²) in [7, 11) is 1.52. The van der Waals surface area contributed by atoms with Crippen LogP contribution in [-0.4, -0.2) is 27.7 Å². The number of aryl methyl sites for hydroxylation is 1. The Bertz CT molecular complexity index is 1800. The Morgan fingerprint density at radius 3 is 1.77 bits per heavy atom. The number of para-hydroxylation sites is 1. The summed E-state index contributed by atoms with van der Waals surface area (Å²) in [5.74, 6) is -1.09. The number of carbonyl (C=O) groups is 1. The van der Waals surface area contributed by atoms with Gasteiger partial charge < -0.3 is 14.4 Å². The van der Waals surface area contributed by atoms with Crippen molar-refractivity contribution in [2.45, 2.75) is 25.3 Å². The molecule has 1 N–H and O–H groups in total. The number of nitrogens with zero attached hydrogens (tertiary/aromatic N) is 2. The summed E-state index contributed by atoms with van der Waals surface area (Å²) in [6.45, 7) is 4.19. The highest BCUT2D eigenvalue weighted by Gasteiger charge is 2.39. The Morgan fingerprint density at radius 2 is 1.25 bits per heavy atom. The molecule has 1 heterocycles. The first-order chi connectivity index (χ1) is 21.5. The summed E-state index contributed by atoms with van der Waals surface area (Å²) >= 11 is 0. The molecule has 6 aromatic rings. The molecular weight excluding hydrogens is 544 g/mol. The quantitative estimate of drug-likeness (QED) is 0.176. The normalized spacial score (nSPS) is 12.1. The zero-order valence-electron chi connectivity index (χ0n) is 25.0. The predicted molar refractivity (Wildman–Crippen MR) is 174 cm³/mol. The fourth-order valence-corrected chi connectivity index (χ4v) is 6.41. The van der Waals surface area contributed by atoms with Crippen molar-refractivity contribution in [3.63, 3.8) is 0 Å². The summed E-state index contributed by atoms with van der Waals surface area (Å²) in [5.41, 5.74) is 7.51. The zero-order valence-corrected chi connectivity index (χ0v) is 25.0. The van der Waals surface area contributed by atoms with E-state index < -0.39 is 11.5 Å². The standard InChI is InChI=1S/C39H34N2O3/c1-27-15-13-22-32(28(27)2)36(33-23-14-24-34(38(42)43)37(33)44-3)35-25-41(26-40-35)39(29-16-7-4-8-17-29,30-18-9-5-10-19-30)31-20-11-6-12-21-31/h4-26,36H,1-3H3,(H,42,43). The maximum atomic E-state index is 12.3. The highest BCUT2D eigenvalue weighted by atomic mass is 16.5. The second-order valence-corrected chi connectivity index (χ2v) is 11.0. The van der Waals surface area contributed by atoms with Crippen molar-refractivity contribution in [2.24, 2.45) is 0 Å². The van der Waals surface area contributed by atoms with E-state index >= 15 is 0 Å². The lowest BCUT2D eigenvalue weighted by atomic mass is 9.76. The second-order valence-electron chi connectivity index (χ2n) is 11.0. The Kier molecular flexibility index (Phi) is 7.86. The number of aromatic nitrogens is 2. The van der Waals surface area contributed by atoms with Crippen LogP contribution in [-0.2, 0) is 5.54 Å². The lowest BCUT2D eigenvalue weighted by Gasteiger charge is -2.37. The van der Waals surface area contributed by atoms with Crippen LogP contribution < -0.4 is 4.74 Å². The number of carboxylic acids is 1. The van der Waals surface area contributed by atoms with E-state index in [2.05, 4.69) is 110 Å². The van der Waals surface area contributed by atoms with Crippen molar-refractivity contribution in [3.8, 4) is 5.75 Å². The Hall–Kier alpha value is -5.42. The number of ether oxygens (including phenoxy) is 1. The summed E-state index contributed by atoms with van der Waals surface area (Å²) in [5, 5.41) is 10.0. The third-order valence-corrected chi connectivity index (χ3v) is 8.61. The van der Waals surface area contributed by atoms with Gasteiger partial charge in [-0.1, -0.05) is 121 Å². The third-order valence-electron chi connectivity index (χ3n) is 8.61. The molecule has 0 saturated heterocycles. The first-order valence-corrected chi connectivity index (χ1v) is 14.6. The molecule has 0 saturated carbocycles. The molecule has 1 atom stereocenters. The Labute approximate surface area is 258 Å². The number of benzene rings is 5. The van der Waals surface area contributed by atoms with E-state index in [1.165, 1.54) is 7.11 Å². The van der Waals surface area contributed by atoms with Gasteiger partial charge in [-0.3, -0.25) is 0 Å². The van der Waals surface area contributed by atoms with Crippen LogP contribution in [0.1, 0.15) is 60.9 Å². The van der Waals surface area contributed by atoms with E-state index in [1.807, 2.05) is 36.7 Å². The molecule has 6 rings (SSSR count). The van der Waals surface area contributed by atoms with Gasteiger partial charge in [-0.05, 0) is 53.3 Å². The van der Waals surface area contributed by atoms with Gasteiger partial charge in [0.15, 0.2) is 0 Å². The number of hydrogen-bond donors (Lipinski definition) is 1. The van der Waals surface area contributed by atoms with Gasteiger partial charge in [0.05, 0.1) is 25.0 Å². The molecule has 0 amide bonds. The maximum absolute atomic E-state index is 12.3. The molecule has 44 heavy (non-hydrogen) atoms. The van der Waals surface area contributed by atoms with Gasteiger partial charge >= 0.3 is 5.97 Å². The number of aromatic carboxylic acids is 1. The van der Waals surface area contributed by atoms with Gasteiger partial charge in [0.1, 0.15) is 16.9 Å². The van der Waals surface area contributed by atoms with E-state index in [9.17, 15) is 9.90 Å². The molecule has 0 aliphatic heterocycles. The SMILES string of the molecule is COc1c(C(=O)O)cccc1C(c1cn(C(c2ccccc2)(c2ccccc2)c2ccccc2)cn1)c1cccc(C)c1C. The largest absolute Gasteiger partial charge is 0.496 e. The fraction of sp³-hybridized carbons (Fsp3) is 0.128. The monoisotopic (exact) mass is 578 g/mol. The molecule has 0 radical (unpaired) electrons. The van der Waals surface area contributed by atoms with Gasteiger partial charge in [-0.15, -0.1) is 0 Å². The first-order valence-electron chi connectivity index (χ1n) is 14.6. The summed E-state index contributed by atoms with van der Waals surface area (Å²) in [4.78, 5) is 17.3. The number of carboxylic acid groups (broad SMARTS) is 1. The van der Waals surface area contributed by atoms with Gasteiger partial charge in [-0.25, -0.2) is 9.78 Å². The average molecular weight is 579 g/mol. The van der Waals surface area contributed by atoms with Crippen molar-refractivity contribution in [1.82, 2.24) is 9.55 Å². The summed E-state index contributed by atoms with van der Waals surface area (Å²) < 4.78 is 7.99. The van der Waals surface area contributed by atoms with Crippen LogP contribution in [0.25, 0.3) is 0 Å². The zero-order chi connectivity index (χ0) is 30.7. The molecule has 0 fully saturated rings. The van der Waals surface area contributed by atoms with Crippen LogP contribution in [0, 0.1) is 13.8 Å². The third kappa shape index (κ3) is 4.86. The average Bonchev–Trinajstić information content (AvgIpc) is 3.55. The number of hydrogen-bond acceptors (Lipinski definition) is 3. The molecule has 1 unspecified atom stereocenters. The highest BCUT2D eigenvalue weighted by Crippen LogP contribution is 2.44. The number of rotatable bonds is 9. The van der Waals surface area contributed by atoms with E-state index in [1.54, 1.807) is 12.1 Å². The number of imidazole rings is 1. The summed E-state index contributed by atoms with van der Waals surface area (Å²) in [6.07, 6.45) is 4.00. The van der Waals surface area contributed by atoms with Gasteiger partial charge in [0, 0.05) is 11.8 Å². The lowest BCUT2D eigenvalue weighted by Crippen LogP contribution is -2.37. The molecule has 5 heteroatoms. The highest BCUT2D eigenvalue weighted by molar-refractivity contribution is 5.91. The predicted octanol–water partition coefficient (Wildman–Crippen LogP) is 8.23. The maximum Gasteiger partial charge on any atom is 0.339 e. The van der Waals surface area contributed by atoms with Crippen LogP contribution in [0.4, 0.5) is 0 Å². The molecular formula is C39H34N2O3. The molecule has 0 bridgehead atoms. The second kappa shape index (κ2) is 12.1. The van der Waals surface area contributed by atoms with E-state index in [4.69, 9.17) is 9.72 Å². The molecule has 5 aromatic carbocycles. The molecule has 0 aliphatic rings. The van der Waals surface area contributed by atoms with Crippen LogP contribution in [0.5, 0.6) is 5.75 Å². The smallest absolute Gasteiger partial charge is 0.339 e. The minimum atomic E-state index is -1.04. The van der Waals surface area contributed by atoms with Crippen molar-refractivity contribution in [1.29, 1.82) is 0 Å². The molecule has 5 nitrogen and oxygen atoms in total. The number of methoxy groups -OCH3 is 1. The molecule has 218 valence electrons. The minimum Gasteiger partial charge on any atom is -0.496 e. The van der Waals surface area contributed by atoms with Gasteiger partial charge in [0.2, 0.25) is 0 Å². The van der Waals surface area contributed by atoms with Crippen LogP contribution in [0.2, 0.25) is 0 Å². The topological polar surface area (TPSA) is 64.3 Å². The van der Waals surface area contributed by atoms with E-state index in [0.717, 1.165) is 44.6 Å². The van der Waals surface area contributed by atoms with Gasteiger partial charge in [-0.2, -0.15) is 0 Å². The summed E-state index contributed by atoms with van der Waals surface area (Å²) in [6, 6.07) is 42.9. The van der Waals surface area contributed by atoms with Crippen LogP contribution >= 0.6 is 0 Å². The van der Waals surface area contributed by atoms with Crippen LogP contribution in [0.15, 0.2) is 140 Å². The lowest BCUT2D eigenvalue weighted by molar-refractivity contribution is 0.0693. The fourth-order valence-electron chi connectivity index (χ4n) is 6.41. The molecule has 0 aliphatic carbocycles. The first kappa shape index (κ1) is 28.7. The van der Waals surface area contributed by atoms with Crippen LogP contribution in [0.3, 0.4) is 0 Å². The van der Waals surface area contributed by atoms with E-state index in [0.29, 0.717) is 5.75 Å². The van der Waals surface area contributed by atoms with Crippen molar-refractivity contribution < 1.29 is 14.6 Å². The molecule has 0 spiro atoms. The van der Waals surface area contributed by atoms with E-state index in [-0.39, 0.29) is 11.5 Å². The van der Waals surface area contributed by atoms with Crippen molar-refractivity contribution >= 4 is 5.97 Å². The van der Waals surface area contributed by atoms with Crippen molar-refractivity contribution in [3.05, 3.63) is 190 Å².